The minimum atomic E-state index is 0.0690. The summed E-state index contributed by atoms with van der Waals surface area (Å²) in [5.41, 5.74) is 6.11. The van der Waals surface area contributed by atoms with Crippen LogP contribution in [0, 0.1) is 5.92 Å². The van der Waals surface area contributed by atoms with E-state index in [1.807, 2.05) is 0 Å². The van der Waals surface area contributed by atoms with Crippen LogP contribution in [0.25, 0.3) is 0 Å². The predicted molar refractivity (Wildman–Crippen MR) is 69.9 cm³/mol. The molecule has 3 N–H and O–H groups in total. The second kappa shape index (κ2) is 8.03. The highest BCUT2D eigenvalue weighted by Crippen LogP contribution is 2.16. The highest BCUT2D eigenvalue weighted by Gasteiger charge is 2.24. The first-order valence-corrected chi connectivity index (χ1v) is 6.83. The van der Waals surface area contributed by atoms with Crippen molar-refractivity contribution in [2.45, 2.75) is 44.7 Å². The van der Waals surface area contributed by atoms with Gasteiger partial charge in [-0.1, -0.05) is 13.3 Å². The van der Waals surface area contributed by atoms with Crippen molar-refractivity contribution in [3.05, 3.63) is 0 Å². The number of likely N-dealkylation sites (N-methyl/N-ethyl adjacent to an activating group) is 1. The molecule has 3 unspecified atom stereocenters. The smallest absolute Gasteiger partial charge is 0.0601 e. The summed E-state index contributed by atoms with van der Waals surface area (Å²) in [4.78, 5) is 2.21. The Morgan fingerprint density at radius 1 is 1.53 bits per heavy atom. The van der Waals surface area contributed by atoms with E-state index in [-0.39, 0.29) is 18.7 Å². The summed E-state index contributed by atoms with van der Waals surface area (Å²) in [6.07, 6.45) is 4.42. The van der Waals surface area contributed by atoms with Gasteiger partial charge in [-0.15, -0.1) is 0 Å². The first-order valence-electron chi connectivity index (χ1n) is 6.83. The number of aliphatic hydroxyl groups is 1. The molecule has 1 rings (SSSR count). The van der Waals surface area contributed by atoms with Gasteiger partial charge in [0.1, 0.15) is 0 Å². The van der Waals surface area contributed by atoms with Gasteiger partial charge in [0, 0.05) is 25.2 Å². The minimum Gasteiger partial charge on any atom is -0.395 e. The Bertz CT molecular complexity index is 196. The summed E-state index contributed by atoms with van der Waals surface area (Å²) in [7, 11) is 2.06. The van der Waals surface area contributed by atoms with E-state index in [0.717, 1.165) is 39.0 Å². The number of ether oxygens (including phenoxy) is 1. The Labute approximate surface area is 105 Å². The second-order valence-corrected chi connectivity index (χ2v) is 5.23. The molecule has 0 aromatic rings. The van der Waals surface area contributed by atoms with Crippen LogP contribution in [0.3, 0.4) is 0 Å². The fraction of sp³-hybridized carbons (Fsp3) is 1.00. The molecule has 102 valence electrons. The molecule has 0 radical (unpaired) electrons. The lowest BCUT2D eigenvalue weighted by Gasteiger charge is -2.34. The van der Waals surface area contributed by atoms with E-state index in [9.17, 15) is 5.11 Å². The molecule has 0 amide bonds. The van der Waals surface area contributed by atoms with Crippen LogP contribution in [0.5, 0.6) is 0 Å². The standard InChI is InChI=1S/C13H28N2O2/c1-3-5-12(14)13(9-16)15(2)8-11-6-4-7-17-10-11/h11-13,16H,3-10,14H2,1-2H3. The maximum Gasteiger partial charge on any atom is 0.0601 e. The lowest BCUT2D eigenvalue weighted by atomic mass is 9.98. The first-order chi connectivity index (χ1) is 8.19. The molecular weight excluding hydrogens is 216 g/mol. The summed E-state index contributed by atoms with van der Waals surface area (Å²) in [6.45, 7) is 5.00. The third-order valence-electron chi connectivity index (χ3n) is 3.67. The topological polar surface area (TPSA) is 58.7 Å². The van der Waals surface area contributed by atoms with Crippen LogP contribution in [0.15, 0.2) is 0 Å². The van der Waals surface area contributed by atoms with Crippen LogP contribution >= 0.6 is 0 Å². The molecule has 1 aliphatic heterocycles. The van der Waals surface area contributed by atoms with Crippen molar-refractivity contribution in [2.24, 2.45) is 11.7 Å². The molecule has 3 atom stereocenters. The number of hydrogen-bond donors (Lipinski definition) is 2. The second-order valence-electron chi connectivity index (χ2n) is 5.23. The van der Waals surface area contributed by atoms with E-state index in [0.29, 0.717) is 5.92 Å². The van der Waals surface area contributed by atoms with Crippen molar-refractivity contribution in [3.8, 4) is 0 Å². The maximum absolute atomic E-state index is 9.47. The Morgan fingerprint density at radius 3 is 2.82 bits per heavy atom. The Morgan fingerprint density at radius 2 is 2.29 bits per heavy atom. The van der Waals surface area contributed by atoms with E-state index < -0.39 is 0 Å². The van der Waals surface area contributed by atoms with Gasteiger partial charge in [0.15, 0.2) is 0 Å². The molecule has 0 bridgehead atoms. The molecule has 0 spiro atoms. The van der Waals surface area contributed by atoms with Gasteiger partial charge in [-0.25, -0.2) is 0 Å². The van der Waals surface area contributed by atoms with Gasteiger partial charge in [-0.3, -0.25) is 4.90 Å². The van der Waals surface area contributed by atoms with Gasteiger partial charge in [0.05, 0.1) is 13.2 Å². The molecule has 1 heterocycles. The van der Waals surface area contributed by atoms with E-state index in [2.05, 4.69) is 18.9 Å². The van der Waals surface area contributed by atoms with Crippen molar-refractivity contribution in [2.75, 3.05) is 33.4 Å². The normalized spacial score (nSPS) is 24.9. The molecule has 1 saturated heterocycles. The maximum atomic E-state index is 9.47. The average Bonchev–Trinajstić information content (AvgIpc) is 2.31. The van der Waals surface area contributed by atoms with Gasteiger partial charge in [0.2, 0.25) is 0 Å². The molecule has 0 saturated carbocycles. The molecule has 0 aromatic heterocycles. The zero-order valence-corrected chi connectivity index (χ0v) is 11.3. The van der Waals surface area contributed by atoms with Gasteiger partial charge in [-0.05, 0) is 32.2 Å². The van der Waals surface area contributed by atoms with Gasteiger partial charge < -0.3 is 15.6 Å². The van der Waals surface area contributed by atoms with Crippen LogP contribution in [-0.2, 0) is 4.74 Å². The zero-order valence-electron chi connectivity index (χ0n) is 11.3. The highest BCUT2D eigenvalue weighted by atomic mass is 16.5. The monoisotopic (exact) mass is 244 g/mol. The van der Waals surface area contributed by atoms with E-state index in [1.54, 1.807) is 0 Å². The van der Waals surface area contributed by atoms with E-state index in [4.69, 9.17) is 10.5 Å². The first kappa shape index (κ1) is 14.9. The van der Waals surface area contributed by atoms with Crippen LogP contribution in [0.1, 0.15) is 32.6 Å². The third-order valence-corrected chi connectivity index (χ3v) is 3.67. The largest absolute Gasteiger partial charge is 0.395 e. The third kappa shape index (κ3) is 4.92. The fourth-order valence-corrected chi connectivity index (χ4v) is 2.62. The van der Waals surface area contributed by atoms with E-state index >= 15 is 0 Å². The van der Waals surface area contributed by atoms with Crippen molar-refractivity contribution in [1.29, 1.82) is 0 Å². The predicted octanol–water partition coefficient (Wildman–Crippen LogP) is 0.833. The summed E-state index contributed by atoms with van der Waals surface area (Å²) in [5.74, 6) is 0.594. The lowest BCUT2D eigenvalue weighted by molar-refractivity contribution is 0.0269. The quantitative estimate of drug-likeness (QED) is 0.696. The summed E-state index contributed by atoms with van der Waals surface area (Å²) in [5, 5.41) is 9.47. The molecule has 17 heavy (non-hydrogen) atoms. The summed E-state index contributed by atoms with van der Waals surface area (Å²) < 4.78 is 5.48. The molecule has 4 heteroatoms. The number of rotatable bonds is 7. The summed E-state index contributed by atoms with van der Waals surface area (Å²) in [6, 6.07) is 0.149. The number of aliphatic hydroxyl groups excluding tert-OH is 1. The molecule has 1 fully saturated rings. The van der Waals surface area contributed by atoms with Crippen LogP contribution < -0.4 is 5.73 Å². The molecule has 4 nitrogen and oxygen atoms in total. The van der Waals surface area contributed by atoms with Crippen molar-refractivity contribution in [1.82, 2.24) is 4.90 Å². The SMILES string of the molecule is CCCC(N)C(CO)N(C)CC1CCCOC1. The van der Waals surface area contributed by atoms with Crippen molar-refractivity contribution < 1.29 is 9.84 Å². The van der Waals surface area contributed by atoms with Crippen molar-refractivity contribution in [3.63, 3.8) is 0 Å². The fourth-order valence-electron chi connectivity index (χ4n) is 2.62. The Balaban J connectivity index is 2.38. The summed E-state index contributed by atoms with van der Waals surface area (Å²) >= 11 is 0. The Kier molecular flexibility index (Phi) is 7.04. The molecule has 0 aliphatic carbocycles. The molecule has 1 aliphatic rings. The average molecular weight is 244 g/mol. The van der Waals surface area contributed by atoms with Gasteiger partial charge in [-0.2, -0.15) is 0 Å². The van der Waals surface area contributed by atoms with Gasteiger partial charge >= 0.3 is 0 Å². The highest BCUT2D eigenvalue weighted by molar-refractivity contribution is 4.81. The lowest BCUT2D eigenvalue weighted by Crippen LogP contribution is -2.50. The molecule has 0 aromatic carbocycles. The van der Waals surface area contributed by atoms with Crippen LogP contribution in [-0.4, -0.2) is 55.5 Å². The van der Waals surface area contributed by atoms with Gasteiger partial charge in [0.25, 0.3) is 0 Å². The number of nitrogens with zero attached hydrogens (tertiary/aromatic N) is 1. The minimum absolute atomic E-state index is 0.0690. The Hall–Kier alpha value is -0.160. The molecular formula is C13H28N2O2. The van der Waals surface area contributed by atoms with Crippen LogP contribution in [0.2, 0.25) is 0 Å². The zero-order chi connectivity index (χ0) is 12.7. The van der Waals surface area contributed by atoms with E-state index in [1.165, 1.54) is 6.42 Å². The number of hydrogen-bond acceptors (Lipinski definition) is 4. The van der Waals surface area contributed by atoms with Crippen molar-refractivity contribution >= 4 is 0 Å². The number of nitrogens with two attached hydrogens (primary N) is 1. The van der Waals surface area contributed by atoms with Crippen LogP contribution in [0.4, 0.5) is 0 Å².